The molecule has 9 rings (SSSR count). The van der Waals surface area contributed by atoms with Crippen LogP contribution in [0.5, 0.6) is 0 Å². The molecule has 1 saturated heterocycles. The average molecular weight is 891 g/mol. The summed E-state index contributed by atoms with van der Waals surface area (Å²) in [6.07, 6.45) is 2.39. The molecule has 320 valence electrons. The zero-order valence-electron chi connectivity index (χ0n) is 35.0. The summed E-state index contributed by atoms with van der Waals surface area (Å²) in [5.74, 6) is 1.61. The van der Waals surface area contributed by atoms with Gasteiger partial charge in [-0.2, -0.15) is 0 Å². The van der Waals surface area contributed by atoms with Crippen molar-refractivity contribution in [2.24, 2.45) is 13.0 Å². The molecule has 1 amide bonds. The zero-order chi connectivity index (χ0) is 43.3. The number of aromatic nitrogens is 1. The first-order valence-electron chi connectivity index (χ1n) is 20.8. The van der Waals surface area contributed by atoms with Crippen molar-refractivity contribution in [3.8, 4) is 11.3 Å². The molecule has 1 fully saturated rings. The number of halogens is 1. The summed E-state index contributed by atoms with van der Waals surface area (Å²) in [5, 5.41) is 15.8. The Bertz CT molecular complexity index is 2640. The summed E-state index contributed by atoms with van der Waals surface area (Å²) >= 11 is 8.00. The fraction of sp³-hybridized carbons (Fsp3) is 0.298. The lowest BCUT2D eigenvalue weighted by molar-refractivity contribution is -0.384. The lowest BCUT2D eigenvalue weighted by atomic mass is 9.67. The SMILES string of the molecule is Cc1c2c(c(-c3ccc(Cl)cc3)n1C)C1(C)C=C(N3CCN(c4ccc(NS(=O)c5ccc(NCCSc6ccccc6)c([N+](=O)[O-])c5)cc4)CC3)C(C)C3=C1N(CCO3)C2=O. The second-order valence-corrected chi connectivity index (χ2v) is 19.0. The van der Waals surface area contributed by atoms with Crippen LogP contribution in [0.25, 0.3) is 11.3 Å². The Balaban J connectivity index is 0.884. The number of nitro benzene ring substituents is 1. The van der Waals surface area contributed by atoms with Crippen molar-refractivity contribution in [2.45, 2.75) is 36.0 Å². The third-order valence-electron chi connectivity index (χ3n) is 12.5. The Morgan fingerprint density at radius 1 is 0.968 bits per heavy atom. The smallest absolute Gasteiger partial charge is 0.293 e. The van der Waals surface area contributed by atoms with Crippen molar-refractivity contribution in [3.05, 3.63) is 152 Å². The number of anilines is 3. The van der Waals surface area contributed by atoms with E-state index in [1.807, 2.05) is 97.7 Å². The number of allylic oxidation sites excluding steroid dienone is 1. The third-order valence-corrected chi connectivity index (χ3v) is 14.9. The third kappa shape index (κ3) is 7.51. The molecular formula is C47H48ClN7O5S2. The standard InChI is InChI=1S/C47H48ClN7O5S2/c1-30-40(29-47(3)42-41(46(56)54-25-26-60-44(30)45(47)54)31(2)51(4)43(42)32-10-12-33(48)13-11-32)53-23-21-52(22-24-53)35-16-14-34(15-17-35)50-62(59)37-18-19-38(39(28-37)55(57)58)49-20-27-61-36-8-6-5-7-9-36/h5-19,28-30,49-50H,20-27H2,1-4H3. The predicted octanol–water partition coefficient (Wildman–Crippen LogP) is 9.21. The summed E-state index contributed by atoms with van der Waals surface area (Å²) in [5.41, 5.74) is 8.22. The number of nitro groups is 1. The number of fused-ring (bicyclic) bond motifs is 2. The molecule has 0 spiro atoms. The Kier molecular flexibility index (Phi) is 11.3. The van der Waals surface area contributed by atoms with Gasteiger partial charge in [-0.3, -0.25) is 14.9 Å². The minimum atomic E-state index is -1.72. The summed E-state index contributed by atoms with van der Waals surface area (Å²) in [6, 6.07) is 30.3. The van der Waals surface area contributed by atoms with Gasteiger partial charge in [0.15, 0.2) is 11.0 Å². The van der Waals surface area contributed by atoms with Crippen LogP contribution in [0.15, 0.2) is 130 Å². The highest BCUT2D eigenvalue weighted by atomic mass is 35.5. The lowest BCUT2D eigenvalue weighted by Crippen LogP contribution is -2.54. The van der Waals surface area contributed by atoms with Crippen molar-refractivity contribution in [3.63, 3.8) is 0 Å². The van der Waals surface area contributed by atoms with Gasteiger partial charge in [-0.05, 0) is 93.1 Å². The Morgan fingerprint density at radius 3 is 2.39 bits per heavy atom. The van der Waals surface area contributed by atoms with Crippen LogP contribution < -0.4 is 14.9 Å². The van der Waals surface area contributed by atoms with Crippen LogP contribution in [0.2, 0.25) is 5.02 Å². The normalized spacial score (nSPS) is 20.0. The van der Waals surface area contributed by atoms with Gasteiger partial charge in [0.2, 0.25) is 0 Å². The number of nitrogens with zero attached hydrogens (tertiary/aromatic N) is 5. The van der Waals surface area contributed by atoms with E-state index in [0.717, 1.165) is 82.0 Å². The quantitative estimate of drug-likeness (QED) is 0.0546. The van der Waals surface area contributed by atoms with Crippen LogP contribution in [-0.2, 0) is 28.2 Å². The number of hydrogen-bond donors (Lipinski definition) is 2. The van der Waals surface area contributed by atoms with Crippen molar-refractivity contribution in [1.82, 2.24) is 14.4 Å². The molecule has 3 unspecified atom stereocenters. The second-order valence-electron chi connectivity index (χ2n) is 16.2. The molecule has 2 N–H and O–H groups in total. The van der Waals surface area contributed by atoms with Gasteiger partial charge in [0, 0.05) is 89.8 Å². The molecule has 0 saturated carbocycles. The molecular weight excluding hydrogens is 842 g/mol. The van der Waals surface area contributed by atoms with Crippen LogP contribution >= 0.6 is 23.4 Å². The molecule has 5 aromatic rings. The summed E-state index contributed by atoms with van der Waals surface area (Å²) < 4.78 is 25.1. The molecule has 3 atom stereocenters. The van der Waals surface area contributed by atoms with Gasteiger partial charge in [0.05, 0.1) is 44.7 Å². The minimum absolute atomic E-state index is 0.0301. The molecule has 3 aliphatic heterocycles. The van der Waals surface area contributed by atoms with E-state index in [-0.39, 0.29) is 17.5 Å². The van der Waals surface area contributed by atoms with E-state index in [4.69, 9.17) is 16.3 Å². The number of ether oxygens (including phenoxy) is 1. The van der Waals surface area contributed by atoms with Gasteiger partial charge in [0.1, 0.15) is 18.1 Å². The largest absolute Gasteiger partial charge is 0.493 e. The van der Waals surface area contributed by atoms with Gasteiger partial charge >= 0.3 is 0 Å². The highest BCUT2D eigenvalue weighted by molar-refractivity contribution is 7.99. The number of nitrogens with one attached hydrogen (secondary N) is 2. The van der Waals surface area contributed by atoms with Crippen LogP contribution in [0, 0.1) is 23.0 Å². The van der Waals surface area contributed by atoms with Crippen LogP contribution in [0.3, 0.4) is 0 Å². The Hall–Kier alpha value is -5.70. The molecule has 4 heterocycles. The number of rotatable bonds is 12. The molecule has 0 radical (unpaired) electrons. The van der Waals surface area contributed by atoms with Crippen molar-refractivity contribution < 1.29 is 18.7 Å². The summed E-state index contributed by atoms with van der Waals surface area (Å²) in [7, 11) is 0.320. The average Bonchev–Trinajstić information content (AvgIpc) is 3.56. The van der Waals surface area contributed by atoms with Crippen molar-refractivity contribution in [1.29, 1.82) is 0 Å². The monoisotopic (exact) mass is 889 g/mol. The van der Waals surface area contributed by atoms with E-state index >= 15 is 0 Å². The first kappa shape index (κ1) is 41.6. The molecule has 4 aliphatic rings. The summed E-state index contributed by atoms with van der Waals surface area (Å²) in [4.78, 5) is 34.1. The molecule has 1 aliphatic carbocycles. The fourth-order valence-electron chi connectivity index (χ4n) is 9.39. The van der Waals surface area contributed by atoms with E-state index in [9.17, 15) is 19.1 Å². The fourth-order valence-corrected chi connectivity index (χ4v) is 11.2. The van der Waals surface area contributed by atoms with E-state index in [2.05, 4.69) is 44.3 Å². The first-order chi connectivity index (χ1) is 29.9. The molecule has 1 aromatic heterocycles. The number of benzene rings is 4. The van der Waals surface area contributed by atoms with Gasteiger partial charge < -0.3 is 34.0 Å². The van der Waals surface area contributed by atoms with Crippen LogP contribution in [0.4, 0.5) is 22.7 Å². The van der Waals surface area contributed by atoms with E-state index in [1.165, 1.54) is 11.8 Å². The van der Waals surface area contributed by atoms with E-state index in [0.29, 0.717) is 41.0 Å². The van der Waals surface area contributed by atoms with Crippen molar-refractivity contribution >= 4 is 63.0 Å². The predicted molar refractivity (Wildman–Crippen MR) is 248 cm³/mol. The number of amides is 1. The zero-order valence-corrected chi connectivity index (χ0v) is 37.4. The molecule has 0 bridgehead atoms. The number of carbonyl (C=O) groups is 1. The lowest BCUT2D eigenvalue weighted by Gasteiger charge is -2.51. The molecule has 62 heavy (non-hydrogen) atoms. The first-order valence-corrected chi connectivity index (χ1v) is 23.3. The summed E-state index contributed by atoms with van der Waals surface area (Å²) in [6.45, 7) is 11.1. The number of carbonyl (C=O) groups excluding carboxylic acids is 1. The Morgan fingerprint density at radius 2 is 1.68 bits per heavy atom. The molecule has 12 nitrogen and oxygen atoms in total. The second kappa shape index (κ2) is 16.9. The van der Waals surface area contributed by atoms with E-state index < -0.39 is 21.3 Å². The van der Waals surface area contributed by atoms with Gasteiger partial charge in [-0.1, -0.05) is 41.9 Å². The highest BCUT2D eigenvalue weighted by Crippen LogP contribution is 2.55. The van der Waals surface area contributed by atoms with Crippen LogP contribution in [0.1, 0.15) is 35.5 Å². The maximum Gasteiger partial charge on any atom is 0.293 e. The molecule has 15 heteroatoms. The van der Waals surface area contributed by atoms with Gasteiger partial charge in [-0.15, -0.1) is 11.8 Å². The van der Waals surface area contributed by atoms with Crippen LogP contribution in [-0.4, -0.2) is 81.0 Å². The minimum Gasteiger partial charge on any atom is -0.493 e. The number of hydrogen-bond acceptors (Lipinski definition) is 9. The maximum atomic E-state index is 14.3. The molecule has 4 aromatic carbocycles. The highest BCUT2D eigenvalue weighted by Gasteiger charge is 2.53. The number of piperazine rings is 1. The Labute approximate surface area is 373 Å². The maximum absolute atomic E-state index is 14.3. The number of thioether (sulfide) groups is 1. The van der Waals surface area contributed by atoms with Crippen molar-refractivity contribution in [2.75, 3.05) is 66.6 Å². The van der Waals surface area contributed by atoms with Gasteiger partial charge in [-0.25, -0.2) is 4.21 Å². The topological polar surface area (TPSA) is 125 Å². The van der Waals surface area contributed by atoms with Gasteiger partial charge in [0.25, 0.3) is 11.6 Å². The van der Waals surface area contributed by atoms with E-state index in [1.54, 1.807) is 23.9 Å².